The minimum Gasteiger partial charge on any atom is -0.497 e. The summed E-state index contributed by atoms with van der Waals surface area (Å²) in [6.07, 6.45) is 0.536. The Hall–Kier alpha value is -2.90. The molecule has 1 saturated heterocycles. The van der Waals surface area contributed by atoms with Crippen molar-refractivity contribution in [3.05, 3.63) is 30.2 Å². The van der Waals surface area contributed by atoms with E-state index < -0.39 is 11.9 Å². The number of aliphatic carboxylic acids is 1. The van der Waals surface area contributed by atoms with Gasteiger partial charge in [-0.1, -0.05) is 12.1 Å². The van der Waals surface area contributed by atoms with Crippen LogP contribution in [-0.4, -0.2) is 52.2 Å². The molecule has 0 spiro atoms. The van der Waals surface area contributed by atoms with E-state index in [1.165, 1.54) is 0 Å². The summed E-state index contributed by atoms with van der Waals surface area (Å²) in [5.74, 6) is 0.0915. The van der Waals surface area contributed by atoms with Crippen LogP contribution in [0.15, 0.2) is 28.8 Å². The number of carboxylic acid groups (broad SMARTS) is 1. The zero-order valence-electron chi connectivity index (χ0n) is 14.7. The summed E-state index contributed by atoms with van der Waals surface area (Å²) in [6.45, 7) is 2.58. The Morgan fingerprint density at radius 2 is 2.04 bits per heavy atom. The van der Waals surface area contributed by atoms with Crippen LogP contribution in [0.5, 0.6) is 5.75 Å². The van der Waals surface area contributed by atoms with Crippen molar-refractivity contribution in [3.8, 4) is 17.1 Å². The van der Waals surface area contributed by atoms with Gasteiger partial charge in [-0.05, 0) is 30.2 Å². The second-order valence-corrected chi connectivity index (χ2v) is 6.46. The number of carbonyl (C=O) groups is 2. The predicted octanol–water partition coefficient (Wildman–Crippen LogP) is 1.86. The average Bonchev–Trinajstić information content (AvgIpc) is 3.26. The van der Waals surface area contributed by atoms with Gasteiger partial charge in [0.1, 0.15) is 5.75 Å². The fourth-order valence-corrected chi connectivity index (χ4v) is 3.08. The first-order valence-electron chi connectivity index (χ1n) is 8.45. The number of aryl methyl sites for hydroxylation is 1. The molecule has 0 aliphatic carbocycles. The number of nitrogens with zero attached hydrogens (tertiary/aromatic N) is 3. The molecule has 2 atom stereocenters. The standard InChI is InChI=1S/C18H21N3O5/c1-11-9-21(10-14(11)18(23)24)16(22)8-7-15-19-17(20-26-15)12-3-5-13(25-2)6-4-12/h3-6,11,14H,7-10H2,1-2H3,(H,23,24)/t11-,14-/m1/s1. The quantitative estimate of drug-likeness (QED) is 0.839. The van der Waals surface area contributed by atoms with Gasteiger partial charge in [-0.2, -0.15) is 4.98 Å². The van der Waals surface area contributed by atoms with Gasteiger partial charge in [0.05, 0.1) is 13.0 Å². The van der Waals surface area contributed by atoms with Gasteiger partial charge in [-0.3, -0.25) is 9.59 Å². The van der Waals surface area contributed by atoms with Gasteiger partial charge < -0.3 is 19.3 Å². The molecule has 1 fully saturated rings. The molecule has 1 aliphatic heterocycles. The monoisotopic (exact) mass is 359 g/mol. The molecule has 1 aromatic carbocycles. The molecule has 0 saturated carbocycles. The van der Waals surface area contributed by atoms with E-state index in [9.17, 15) is 9.59 Å². The SMILES string of the molecule is COc1ccc(-c2noc(CCC(=O)N3C[C@@H](C)[C@H](C(=O)O)C3)n2)cc1. The molecular weight excluding hydrogens is 338 g/mol. The Morgan fingerprint density at radius 3 is 2.65 bits per heavy atom. The number of rotatable bonds is 6. The van der Waals surface area contributed by atoms with Crippen molar-refractivity contribution in [2.24, 2.45) is 11.8 Å². The lowest BCUT2D eigenvalue weighted by molar-refractivity contribution is -0.142. The van der Waals surface area contributed by atoms with Crippen LogP contribution < -0.4 is 4.74 Å². The number of carboxylic acids is 1. The summed E-state index contributed by atoms with van der Waals surface area (Å²) >= 11 is 0. The fraction of sp³-hybridized carbons (Fsp3) is 0.444. The van der Waals surface area contributed by atoms with Crippen LogP contribution in [0, 0.1) is 11.8 Å². The van der Waals surface area contributed by atoms with Gasteiger partial charge in [-0.25, -0.2) is 0 Å². The second-order valence-electron chi connectivity index (χ2n) is 6.46. The number of amides is 1. The number of ether oxygens (including phenoxy) is 1. The molecule has 2 aromatic rings. The van der Waals surface area contributed by atoms with Crippen molar-refractivity contribution >= 4 is 11.9 Å². The molecule has 0 unspecified atom stereocenters. The molecule has 2 heterocycles. The topological polar surface area (TPSA) is 106 Å². The molecule has 8 nitrogen and oxygen atoms in total. The molecule has 8 heteroatoms. The Balaban J connectivity index is 1.56. The van der Waals surface area contributed by atoms with Crippen molar-refractivity contribution in [2.75, 3.05) is 20.2 Å². The highest BCUT2D eigenvalue weighted by Crippen LogP contribution is 2.24. The third-order valence-corrected chi connectivity index (χ3v) is 4.65. The highest BCUT2D eigenvalue weighted by atomic mass is 16.5. The van der Waals surface area contributed by atoms with Crippen LogP contribution in [0.1, 0.15) is 19.2 Å². The van der Waals surface area contributed by atoms with Crippen molar-refractivity contribution in [1.29, 1.82) is 0 Å². The highest BCUT2D eigenvalue weighted by molar-refractivity contribution is 5.79. The predicted molar refractivity (Wildman–Crippen MR) is 91.5 cm³/mol. The fourth-order valence-electron chi connectivity index (χ4n) is 3.08. The average molecular weight is 359 g/mol. The van der Waals surface area contributed by atoms with E-state index in [1.807, 2.05) is 31.2 Å². The van der Waals surface area contributed by atoms with Crippen LogP contribution in [0.25, 0.3) is 11.4 Å². The summed E-state index contributed by atoms with van der Waals surface area (Å²) in [5, 5.41) is 13.1. The maximum atomic E-state index is 12.3. The van der Waals surface area contributed by atoms with Crippen LogP contribution >= 0.6 is 0 Å². The van der Waals surface area contributed by atoms with Gasteiger partial charge in [0.25, 0.3) is 0 Å². The van der Waals surface area contributed by atoms with Gasteiger partial charge in [0.15, 0.2) is 0 Å². The van der Waals surface area contributed by atoms with E-state index >= 15 is 0 Å². The summed E-state index contributed by atoms with van der Waals surface area (Å²) in [5.41, 5.74) is 0.796. The lowest BCUT2D eigenvalue weighted by Gasteiger charge is -2.15. The van der Waals surface area contributed by atoms with Gasteiger partial charge in [0, 0.05) is 31.5 Å². The number of likely N-dealkylation sites (tertiary alicyclic amines) is 1. The molecule has 1 amide bonds. The molecule has 26 heavy (non-hydrogen) atoms. The molecule has 0 radical (unpaired) electrons. The van der Waals surface area contributed by atoms with E-state index in [-0.39, 0.29) is 24.8 Å². The number of hydrogen-bond acceptors (Lipinski definition) is 6. The lowest BCUT2D eigenvalue weighted by atomic mass is 9.99. The van der Waals surface area contributed by atoms with Crippen molar-refractivity contribution in [1.82, 2.24) is 15.0 Å². The first-order valence-corrected chi connectivity index (χ1v) is 8.45. The summed E-state index contributed by atoms with van der Waals surface area (Å²) in [4.78, 5) is 29.4. The summed E-state index contributed by atoms with van der Waals surface area (Å²) in [7, 11) is 1.60. The zero-order chi connectivity index (χ0) is 18.7. The zero-order valence-corrected chi connectivity index (χ0v) is 14.7. The molecule has 1 aromatic heterocycles. The van der Waals surface area contributed by atoms with E-state index in [1.54, 1.807) is 12.0 Å². The third kappa shape index (κ3) is 3.84. The molecule has 1 aliphatic rings. The number of hydrogen-bond donors (Lipinski definition) is 1. The van der Waals surface area contributed by atoms with Crippen molar-refractivity contribution in [2.45, 2.75) is 19.8 Å². The number of carbonyl (C=O) groups excluding carboxylic acids is 1. The van der Waals surface area contributed by atoms with Crippen molar-refractivity contribution < 1.29 is 24.0 Å². The largest absolute Gasteiger partial charge is 0.497 e. The summed E-state index contributed by atoms with van der Waals surface area (Å²) < 4.78 is 10.3. The maximum Gasteiger partial charge on any atom is 0.308 e. The number of methoxy groups -OCH3 is 1. The number of benzene rings is 1. The maximum absolute atomic E-state index is 12.3. The van der Waals surface area contributed by atoms with Crippen LogP contribution in [0.2, 0.25) is 0 Å². The first-order chi connectivity index (χ1) is 12.5. The Kier molecular flexibility index (Phi) is 5.20. The van der Waals surface area contributed by atoms with Crippen LogP contribution in [0.4, 0.5) is 0 Å². The molecule has 3 rings (SSSR count). The van der Waals surface area contributed by atoms with E-state index in [2.05, 4.69) is 10.1 Å². The third-order valence-electron chi connectivity index (χ3n) is 4.65. The van der Waals surface area contributed by atoms with Gasteiger partial charge in [0.2, 0.25) is 17.6 Å². The van der Waals surface area contributed by atoms with Crippen LogP contribution in [-0.2, 0) is 16.0 Å². The number of aromatic nitrogens is 2. The Morgan fingerprint density at radius 1 is 1.31 bits per heavy atom. The highest BCUT2D eigenvalue weighted by Gasteiger charge is 2.36. The minimum atomic E-state index is -0.853. The minimum absolute atomic E-state index is 0.0403. The Labute approximate surface area is 150 Å². The lowest BCUT2D eigenvalue weighted by Crippen LogP contribution is -2.30. The molecule has 138 valence electrons. The van der Waals surface area contributed by atoms with Crippen LogP contribution in [0.3, 0.4) is 0 Å². The second kappa shape index (κ2) is 7.55. The molecule has 1 N–H and O–H groups in total. The summed E-state index contributed by atoms with van der Waals surface area (Å²) in [6, 6.07) is 7.27. The molecule has 0 bridgehead atoms. The van der Waals surface area contributed by atoms with Gasteiger partial charge >= 0.3 is 5.97 Å². The normalized spacial score (nSPS) is 19.5. The smallest absolute Gasteiger partial charge is 0.308 e. The Bertz CT molecular complexity index is 786. The molecular formula is C18H21N3O5. The van der Waals surface area contributed by atoms with E-state index in [0.717, 1.165) is 11.3 Å². The first kappa shape index (κ1) is 17.9. The van der Waals surface area contributed by atoms with Gasteiger partial charge in [-0.15, -0.1) is 0 Å². The van der Waals surface area contributed by atoms with E-state index in [0.29, 0.717) is 24.7 Å². The van der Waals surface area contributed by atoms with Crippen molar-refractivity contribution in [3.63, 3.8) is 0 Å². The van der Waals surface area contributed by atoms with E-state index in [4.69, 9.17) is 14.4 Å².